The van der Waals surface area contributed by atoms with E-state index in [1.807, 2.05) is 6.07 Å². The lowest BCUT2D eigenvalue weighted by atomic mass is 10.1. The van der Waals surface area contributed by atoms with Gasteiger partial charge in [-0.05, 0) is 37.6 Å². The van der Waals surface area contributed by atoms with Crippen LogP contribution >= 0.6 is 12.4 Å². The number of ether oxygens (including phenoxy) is 2. The van der Waals surface area contributed by atoms with Crippen molar-refractivity contribution in [3.05, 3.63) is 53.6 Å². The summed E-state index contributed by atoms with van der Waals surface area (Å²) in [5, 5.41) is 9.12. The van der Waals surface area contributed by atoms with E-state index in [2.05, 4.69) is 16.0 Å². The Labute approximate surface area is 176 Å². The van der Waals surface area contributed by atoms with E-state index in [1.165, 1.54) is 14.2 Å². The topological polar surface area (TPSA) is 88.7 Å². The summed E-state index contributed by atoms with van der Waals surface area (Å²) in [4.78, 5) is 25.5. The minimum atomic E-state index is -0.304. The second-order valence-electron chi connectivity index (χ2n) is 6.59. The first kappa shape index (κ1) is 22.5. The van der Waals surface area contributed by atoms with Gasteiger partial charge in [0.1, 0.15) is 0 Å². The number of piperidine rings is 1. The van der Waals surface area contributed by atoms with E-state index in [0.717, 1.165) is 25.9 Å². The van der Waals surface area contributed by atoms with E-state index in [4.69, 9.17) is 9.47 Å². The quantitative estimate of drug-likeness (QED) is 0.670. The second-order valence-corrected chi connectivity index (χ2v) is 6.59. The number of nitrogens with one attached hydrogen (secondary N) is 3. The zero-order valence-corrected chi connectivity index (χ0v) is 17.3. The number of halogens is 1. The normalized spacial score (nSPS) is 15.6. The summed E-state index contributed by atoms with van der Waals surface area (Å²) < 4.78 is 10.7. The molecule has 1 aliphatic rings. The Balaban J connectivity index is 0.00000300. The van der Waals surface area contributed by atoms with Crippen molar-refractivity contribution in [2.45, 2.75) is 18.9 Å². The minimum Gasteiger partial charge on any atom is -0.493 e. The van der Waals surface area contributed by atoms with Gasteiger partial charge in [0.25, 0.3) is 11.8 Å². The molecule has 0 bridgehead atoms. The highest BCUT2D eigenvalue weighted by Crippen LogP contribution is 2.33. The maximum Gasteiger partial charge on any atom is 0.255 e. The van der Waals surface area contributed by atoms with Crippen LogP contribution in [0.4, 0.5) is 5.69 Å². The van der Waals surface area contributed by atoms with Crippen LogP contribution in [-0.2, 0) is 0 Å². The number of carbonyl (C=O) groups excluding carboxylic acids is 2. The molecular weight excluding hydrogens is 394 g/mol. The summed E-state index contributed by atoms with van der Waals surface area (Å²) in [7, 11) is 3.01. The highest BCUT2D eigenvalue weighted by molar-refractivity contribution is 6.09. The van der Waals surface area contributed by atoms with Gasteiger partial charge in [-0.2, -0.15) is 0 Å². The highest BCUT2D eigenvalue weighted by atomic mass is 35.5. The molecule has 7 nitrogen and oxygen atoms in total. The largest absolute Gasteiger partial charge is 0.493 e. The van der Waals surface area contributed by atoms with Crippen LogP contribution in [0.1, 0.15) is 33.6 Å². The van der Waals surface area contributed by atoms with Crippen molar-refractivity contribution in [3.63, 3.8) is 0 Å². The van der Waals surface area contributed by atoms with E-state index < -0.39 is 0 Å². The first-order valence-electron chi connectivity index (χ1n) is 9.26. The first-order valence-corrected chi connectivity index (χ1v) is 9.26. The van der Waals surface area contributed by atoms with Crippen LogP contribution in [0.2, 0.25) is 0 Å². The van der Waals surface area contributed by atoms with Crippen LogP contribution in [0.5, 0.6) is 11.5 Å². The summed E-state index contributed by atoms with van der Waals surface area (Å²) in [5.41, 5.74) is 1.19. The predicted octanol–water partition coefficient (Wildman–Crippen LogP) is 2.86. The first-order chi connectivity index (χ1) is 13.6. The maximum absolute atomic E-state index is 12.9. The number of amides is 2. The Morgan fingerprint density at radius 3 is 2.34 bits per heavy atom. The Morgan fingerprint density at radius 2 is 1.72 bits per heavy atom. The van der Waals surface area contributed by atoms with E-state index in [0.29, 0.717) is 28.3 Å². The third kappa shape index (κ3) is 5.62. The van der Waals surface area contributed by atoms with Crippen LogP contribution in [0.15, 0.2) is 42.5 Å². The number of rotatable bonds is 6. The van der Waals surface area contributed by atoms with Crippen LogP contribution in [0.25, 0.3) is 0 Å². The average Bonchev–Trinajstić information content (AvgIpc) is 2.74. The molecule has 2 amide bonds. The molecule has 1 heterocycles. The van der Waals surface area contributed by atoms with Crippen molar-refractivity contribution >= 4 is 29.9 Å². The zero-order chi connectivity index (χ0) is 19.9. The molecule has 0 aliphatic carbocycles. The molecule has 8 heteroatoms. The lowest BCUT2D eigenvalue weighted by Crippen LogP contribution is -2.45. The van der Waals surface area contributed by atoms with Gasteiger partial charge < -0.3 is 25.4 Å². The molecular formula is C21H26ClN3O4. The van der Waals surface area contributed by atoms with Gasteiger partial charge in [0.15, 0.2) is 11.5 Å². The lowest BCUT2D eigenvalue weighted by molar-refractivity contribution is 0.0931. The van der Waals surface area contributed by atoms with Gasteiger partial charge in [0, 0.05) is 24.2 Å². The van der Waals surface area contributed by atoms with Crippen LogP contribution < -0.4 is 25.4 Å². The van der Waals surface area contributed by atoms with E-state index >= 15 is 0 Å². The van der Waals surface area contributed by atoms with Gasteiger partial charge in [-0.25, -0.2) is 0 Å². The van der Waals surface area contributed by atoms with Crippen LogP contribution in [0, 0.1) is 0 Å². The van der Waals surface area contributed by atoms with E-state index in [1.54, 1.807) is 36.4 Å². The molecule has 1 atom stereocenters. The molecule has 1 aliphatic heterocycles. The molecule has 29 heavy (non-hydrogen) atoms. The number of hydrogen-bond acceptors (Lipinski definition) is 5. The Kier molecular flexibility index (Phi) is 8.30. The summed E-state index contributed by atoms with van der Waals surface area (Å²) in [6.45, 7) is 1.69. The van der Waals surface area contributed by atoms with Gasteiger partial charge in [0.2, 0.25) is 0 Å². The second kappa shape index (κ2) is 10.7. The molecule has 0 spiro atoms. The van der Waals surface area contributed by atoms with Gasteiger partial charge in [-0.15, -0.1) is 12.4 Å². The SMILES string of the molecule is COc1cc(NC(=O)c2ccccc2)c(C(=O)NC2CCCNC2)cc1OC.Cl. The molecule has 0 radical (unpaired) electrons. The molecule has 0 aromatic heterocycles. The van der Waals surface area contributed by atoms with Crippen molar-refractivity contribution in [2.75, 3.05) is 32.6 Å². The van der Waals surface area contributed by atoms with Crippen molar-refractivity contribution in [2.24, 2.45) is 0 Å². The summed E-state index contributed by atoms with van der Waals surface area (Å²) >= 11 is 0. The van der Waals surface area contributed by atoms with E-state index in [-0.39, 0.29) is 30.3 Å². The summed E-state index contributed by atoms with van der Waals surface area (Å²) in [6.07, 6.45) is 1.92. The zero-order valence-electron chi connectivity index (χ0n) is 16.5. The number of benzene rings is 2. The molecule has 1 saturated heterocycles. The fraction of sp³-hybridized carbons (Fsp3) is 0.333. The summed E-state index contributed by atoms with van der Waals surface area (Å²) in [5.74, 6) is 0.285. The Morgan fingerprint density at radius 1 is 1.03 bits per heavy atom. The van der Waals surface area contributed by atoms with Crippen LogP contribution in [-0.4, -0.2) is 45.2 Å². The molecule has 156 valence electrons. The fourth-order valence-corrected chi connectivity index (χ4v) is 3.19. The van der Waals surface area contributed by atoms with Gasteiger partial charge in [0.05, 0.1) is 25.5 Å². The molecule has 3 N–H and O–H groups in total. The minimum absolute atomic E-state index is 0. The highest BCUT2D eigenvalue weighted by Gasteiger charge is 2.22. The number of methoxy groups -OCH3 is 2. The van der Waals surface area contributed by atoms with E-state index in [9.17, 15) is 9.59 Å². The number of hydrogen-bond donors (Lipinski definition) is 3. The Hall–Kier alpha value is -2.77. The molecule has 2 aromatic rings. The maximum atomic E-state index is 12.9. The molecule has 1 unspecified atom stereocenters. The van der Waals surface area contributed by atoms with Crippen molar-refractivity contribution in [3.8, 4) is 11.5 Å². The third-order valence-electron chi connectivity index (χ3n) is 4.68. The lowest BCUT2D eigenvalue weighted by Gasteiger charge is -2.24. The number of anilines is 1. The van der Waals surface area contributed by atoms with Crippen molar-refractivity contribution < 1.29 is 19.1 Å². The molecule has 2 aromatic carbocycles. The number of carbonyl (C=O) groups is 2. The molecule has 3 rings (SSSR count). The smallest absolute Gasteiger partial charge is 0.255 e. The standard InChI is InChI=1S/C21H25N3O4.ClH/c1-27-18-11-16(21(26)23-15-9-6-10-22-13-15)17(12-19(18)28-2)24-20(25)14-7-4-3-5-8-14;/h3-5,7-8,11-12,15,22H,6,9-10,13H2,1-2H3,(H,23,26)(H,24,25);1H. The van der Waals surface area contributed by atoms with Crippen LogP contribution in [0.3, 0.4) is 0 Å². The predicted molar refractivity (Wildman–Crippen MR) is 115 cm³/mol. The monoisotopic (exact) mass is 419 g/mol. The van der Waals surface area contributed by atoms with Gasteiger partial charge in [-0.3, -0.25) is 9.59 Å². The molecule has 1 fully saturated rings. The Bertz CT molecular complexity index is 839. The van der Waals surface area contributed by atoms with Gasteiger partial charge in [-0.1, -0.05) is 18.2 Å². The fourth-order valence-electron chi connectivity index (χ4n) is 3.19. The summed E-state index contributed by atoms with van der Waals surface area (Å²) in [6, 6.07) is 12.1. The van der Waals surface area contributed by atoms with Crippen molar-refractivity contribution in [1.29, 1.82) is 0 Å². The van der Waals surface area contributed by atoms with Crippen molar-refractivity contribution in [1.82, 2.24) is 10.6 Å². The molecule has 0 saturated carbocycles. The van der Waals surface area contributed by atoms with Gasteiger partial charge >= 0.3 is 0 Å². The third-order valence-corrected chi connectivity index (χ3v) is 4.68. The average molecular weight is 420 g/mol.